The van der Waals surface area contributed by atoms with E-state index in [4.69, 9.17) is 16.3 Å². The number of rotatable bonds is 5. The molecular weight excluding hydrogens is 370 g/mol. The van der Waals surface area contributed by atoms with E-state index in [1.165, 1.54) is 16.2 Å². The molecule has 1 heterocycles. The lowest BCUT2D eigenvalue weighted by Gasteiger charge is -2.14. The molecule has 0 bridgehead atoms. The Balaban J connectivity index is 1.81. The maximum atomic E-state index is 12.6. The molecule has 1 aromatic carbocycles. The number of esters is 1. The zero-order valence-corrected chi connectivity index (χ0v) is 16.5. The normalized spacial score (nSPS) is 13.4. The van der Waals surface area contributed by atoms with E-state index in [0.717, 1.165) is 36.8 Å². The lowest BCUT2D eigenvalue weighted by Crippen LogP contribution is -2.18. The molecule has 138 valence electrons. The Morgan fingerprint density at radius 2 is 1.88 bits per heavy atom. The number of hydrogen-bond acceptors (Lipinski definition) is 4. The van der Waals surface area contributed by atoms with Crippen molar-refractivity contribution >= 4 is 39.8 Å². The summed E-state index contributed by atoms with van der Waals surface area (Å²) in [4.78, 5) is 26.3. The quantitative estimate of drug-likeness (QED) is 0.727. The highest BCUT2D eigenvalue weighted by molar-refractivity contribution is 7.17. The fraction of sp³-hybridized carbons (Fsp3) is 0.400. The minimum absolute atomic E-state index is 0.149. The van der Waals surface area contributed by atoms with Crippen LogP contribution < -0.4 is 5.32 Å². The van der Waals surface area contributed by atoms with Gasteiger partial charge in [0.1, 0.15) is 5.00 Å². The van der Waals surface area contributed by atoms with Crippen LogP contribution in [0.25, 0.3) is 0 Å². The van der Waals surface area contributed by atoms with Gasteiger partial charge >= 0.3 is 5.97 Å². The van der Waals surface area contributed by atoms with Crippen LogP contribution in [0.4, 0.5) is 5.00 Å². The Labute approximate surface area is 162 Å². The Bertz CT molecular complexity index is 811. The summed E-state index contributed by atoms with van der Waals surface area (Å²) < 4.78 is 5.42. The molecule has 1 aliphatic rings. The third-order valence-corrected chi connectivity index (χ3v) is 5.71. The number of anilines is 1. The molecule has 1 aliphatic carbocycles. The molecule has 1 aromatic heterocycles. The number of carbonyl (C=O) groups is 2. The highest BCUT2D eigenvalue weighted by atomic mass is 35.5. The highest BCUT2D eigenvalue weighted by Crippen LogP contribution is 2.38. The van der Waals surface area contributed by atoms with Gasteiger partial charge in [0.15, 0.2) is 0 Å². The van der Waals surface area contributed by atoms with Gasteiger partial charge in [-0.3, -0.25) is 4.79 Å². The zero-order valence-electron chi connectivity index (χ0n) is 14.9. The minimum atomic E-state index is -0.346. The number of aryl methyl sites for hydroxylation is 1. The maximum absolute atomic E-state index is 12.6. The number of thiophene rings is 1. The van der Waals surface area contributed by atoms with E-state index in [1.54, 1.807) is 12.1 Å². The van der Waals surface area contributed by atoms with E-state index in [-0.39, 0.29) is 24.4 Å². The first-order valence-electron chi connectivity index (χ1n) is 8.84. The molecular formula is C20H22ClNO3S. The predicted octanol–water partition coefficient (Wildman–Crippen LogP) is 5.03. The summed E-state index contributed by atoms with van der Waals surface area (Å²) in [6.45, 7) is 3.66. The largest absolute Gasteiger partial charge is 0.459 e. The van der Waals surface area contributed by atoms with Gasteiger partial charge in [-0.05, 0) is 62.8 Å². The van der Waals surface area contributed by atoms with Gasteiger partial charge < -0.3 is 10.1 Å². The van der Waals surface area contributed by atoms with Crippen LogP contribution in [0.3, 0.4) is 0 Å². The van der Waals surface area contributed by atoms with Crippen LogP contribution in [0.1, 0.15) is 53.1 Å². The predicted molar refractivity (Wildman–Crippen MR) is 105 cm³/mol. The molecule has 1 amide bonds. The SMILES string of the molecule is CC(C)OC(=O)c1c(NC(=O)Cc2ccc(Cl)cc2)sc2c1CCCC2. The molecule has 0 spiro atoms. The molecule has 2 aromatic rings. The fourth-order valence-corrected chi connectivity index (χ4v) is 4.52. The average molecular weight is 392 g/mol. The summed E-state index contributed by atoms with van der Waals surface area (Å²) >= 11 is 7.39. The number of ether oxygens (including phenoxy) is 1. The highest BCUT2D eigenvalue weighted by Gasteiger charge is 2.27. The second-order valence-corrected chi connectivity index (χ2v) is 8.26. The smallest absolute Gasteiger partial charge is 0.341 e. The molecule has 0 fully saturated rings. The van der Waals surface area contributed by atoms with Gasteiger partial charge in [0.25, 0.3) is 0 Å². The third-order valence-electron chi connectivity index (χ3n) is 4.25. The molecule has 0 aliphatic heterocycles. The van der Waals surface area contributed by atoms with E-state index in [0.29, 0.717) is 15.6 Å². The van der Waals surface area contributed by atoms with Gasteiger partial charge in [0.05, 0.1) is 18.1 Å². The van der Waals surface area contributed by atoms with Crippen molar-refractivity contribution in [1.82, 2.24) is 0 Å². The second kappa shape index (κ2) is 8.23. The number of halogens is 1. The first kappa shape index (κ1) is 18.9. The van der Waals surface area contributed by atoms with E-state index in [1.807, 2.05) is 26.0 Å². The van der Waals surface area contributed by atoms with E-state index >= 15 is 0 Å². The van der Waals surface area contributed by atoms with Crippen molar-refractivity contribution in [1.29, 1.82) is 0 Å². The molecule has 4 nitrogen and oxygen atoms in total. The Morgan fingerprint density at radius 3 is 2.58 bits per heavy atom. The Morgan fingerprint density at radius 1 is 1.19 bits per heavy atom. The average Bonchev–Trinajstić information content (AvgIpc) is 2.94. The molecule has 0 atom stereocenters. The number of amides is 1. The number of nitrogens with one attached hydrogen (secondary N) is 1. The van der Waals surface area contributed by atoms with Gasteiger partial charge in [-0.2, -0.15) is 0 Å². The first-order valence-corrected chi connectivity index (χ1v) is 10.0. The van der Waals surface area contributed by atoms with E-state index in [9.17, 15) is 9.59 Å². The van der Waals surface area contributed by atoms with Gasteiger partial charge in [-0.1, -0.05) is 23.7 Å². The van der Waals surface area contributed by atoms with Crippen molar-refractivity contribution in [2.24, 2.45) is 0 Å². The topological polar surface area (TPSA) is 55.4 Å². The number of fused-ring (bicyclic) bond motifs is 1. The second-order valence-electron chi connectivity index (χ2n) is 6.72. The van der Waals surface area contributed by atoms with Crippen molar-refractivity contribution in [3.8, 4) is 0 Å². The summed E-state index contributed by atoms with van der Waals surface area (Å²) in [5, 5.41) is 4.18. The van der Waals surface area contributed by atoms with Crippen molar-refractivity contribution < 1.29 is 14.3 Å². The molecule has 0 radical (unpaired) electrons. The van der Waals surface area contributed by atoms with Gasteiger partial charge in [0.2, 0.25) is 5.91 Å². The minimum Gasteiger partial charge on any atom is -0.459 e. The number of carbonyl (C=O) groups excluding carboxylic acids is 2. The Hall–Kier alpha value is -1.85. The van der Waals surface area contributed by atoms with E-state index < -0.39 is 0 Å². The lowest BCUT2D eigenvalue weighted by atomic mass is 9.95. The summed E-state index contributed by atoms with van der Waals surface area (Å²) in [5.41, 5.74) is 2.47. The van der Waals surface area contributed by atoms with Crippen molar-refractivity contribution in [3.05, 3.63) is 50.9 Å². The standard InChI is InChI=1S/C20H22ClNO3S/c1-12(2)25-20(24)18-15-5-3-4-6-16(15)26-19(18)22-17(23)11-13-7-9-14(21)10-8-13/h7-10,12H,3-6,11H2,1-2H3,(H,22,23). The van der Waals surface area contributed by atoms with E-state index in [2.05, 4.69) is 5.32 Å². The summed E-state index contributed by atoms with van der Waals surface area (Å²) in [7, 11) is 0. The monoisotopic (exact) mass is 391 g/mol. The fourth-order valence-electron chi connectivity index (χ4n) is 3.10. The molecule has 0 saturated heterocycles. The van der Waals surface area contributed by atoms with Gasteiger partial charge in [-0.25, -0.2) is 4.79 Å². The summed E-state index contributed by atoms with van der Waals surface area (Å²) in [5.74, 6) is -0.495. The molecule has 1 N–H and O–H groups in total. The molecule has 6 heteroatoms. The van der Waals surface area contributed by atoms with Crippen LogP contribution in [-0.2, 0) is 28.8 Å². The molecule has 0 saturated carbocycles. The molecule has 26 heavy (non-hydrogen) atoms. The maximum Gasteiger partial charge on any atom is 0.341 e. The van der Waals surface area contributed by atoms with Crippen molar-refractivity contribution in [2.75, 3.05) is 5.32 Å². The zero-order chi connectivity index (χ0) is 18.7. The lowest BCUT2D eigenvalue weighted by molar-refractivity contribution is -0.115. The van der Waals surface area contributed by atoms with Crippen molar-refractivity contribution in [3.63, 3.8) is 0 Å². The van der Waals surface area contributed by atoms with Crippen LogP contribution in [0, 0.1) is 0 Å². The number of hydrogen-bond donors (Lipinski definition) is 1. The summed E-state index contributed by atoms with van der Waals surface area (Å²) in [6.07, 6.45) is 4.03. The summed E-state index contributed by atoms with van der Waals surface area (Å²) in [6, 6.07) is 7.18. The third kappa shape index (κ3) is 4.46. The molecule has 3 rings (SSSR count). The van der Waals surface area contributed by atoms with Crippen LogP contribution in [0.5, 0.6) is 0 Å². The molecule has 0 unspecified atom stereocenters. The van der Waals surface area contributed by atoms with Crippen LogP contribution in [0.15, 0.2) is 24.3 Å². The number of benzene rings is 1. The van der Waals surface area contributed by atoms with Crippen LogP contribution in [0.2, 0.25) is 5.02 Å². The first-order chi connectivity index (χ1) is 12.4. The van der Waals surface area contributed by atoms with Crippen LogP contribution in [-0.4, -0.2) is 18.0 Å². The van der Waals surface area contributed by atoms with Crippen LogP contribution >= 0.6 is 22.9 Å². The van der Waals surface area contributed by atoms with Gasteiger partial charge in [0, 0.05) is 9.90 Å². The Kier molecular flexibility index (Phi) is 5.99. The van der Waals surface area contributed by atoms with Gasteiger partial charge in [-0.15, -0.1) is 11.3 Å². The van der Waals surface area contributed by atoms with Crippen molar-refractivity contribution in [2.45, 2.75) is 52.1 Å².